The highest BCUT2D eigenvalue weighted by Crippen LogP contribution is 2.37. The molecule has 0 saturated carbocycles. The van der Waals surface area contributed by atoms with Gasteiger partial charge in [-0.05, 0) is 48.4 Å². The van der Waals surface area contributed by atoms with Gasteiger partial charge in [0.2, 0.25) is 5.82 Å². The van der Waals surface area contributed by atoms with E-state index in [9.17, 15) is 18.0 Å². The maximum Gasteiger partial charge on any atom is 0.417 e. The normalized spacial score (nSPS) is 11.4. The van der Waals surface area contributed by atoms with Crippen LogP contribution in [0.15, 0.2) is 65.4 Å². The van der Waals surface area contributed by atoms with E-state index in [4.69, 9.17) is 36.1 Å². The van der Waals surface area contributed by atoms with Crippen LogP contribution in [-0.2, 0) is 19.4 Å². The van der Waals surface area contributed by atoms with Crippen LogP contribution in [0.3, 0.4) is 0 Å². The molecule has 0 spiro atoms. The number of pyridine rings is 1. The number of H-pyrrole nitrogens is 1. The summed E-state index contributed by atoms with van der Waals surface area (Å²) in [6, 6.07) is 13.0. The molecule has 5 aromatic rings. The molecule has 0 saturated heterocycles. The van der Waals surface area contributed by atoms with E-state index >= 15 is 0 Å². The number of carbonyl (C=O) groups is 1. The number of nitrogens with zero attached hydrogens (tertiary/aromatic N) is 3. The lowest BCUT2D eigenvalue weighted by Crippen LogP contribution is -2.11. The van der Waals surface area contributed by atoms with E-state index in [0.29, 0.717) is 39.6 Å². The fourth-order valence-electron chi connectivity index (χ4n) is 4.10. The molecule has 3 N–H and O–H groups in total. The van der Waals surface area contributed by atoms with Gasteiger partial charge in [-0.2, -0.15) is 18.2 Å². The van der Waals surface area contributed by atoms with Crippen LogP contribution >= 0.6 is 11.6 Å². The Kier molecular flexibility index (Phi) is 8.26. The first-order valence-electron chi connectivity index (χ1n) is 12.6. The Bertz CT molecular complexity index is 1750. The number of carbonyl (C=O) groups excluding carboxylic acids is 1. The molecule has 14 heteroatoms. The van der Waals surface area contributed by atoms with Crippen molar-refractivity contribution in [1.29, 1.82) is 0 Å². The molecule has 0 aliphatic rings. The van der Waals surface area contributed by atoms with Crippen molar-refractivity contribution >= 4 is 17.5 Å². The van der Waals surface area contributed by atoms with E-state index in [2.05, 4.69) is 20.1 Å². The number of aromatic nitrogens is 4. The number of hydrogen-bond donors (Lipinski definition) is 2. The quantitative estimate of drug-likeness (QED) is 0.185. The summed E-state index contributed by atoms with van der Waals surface area (Å²) in [6.07, 6.45) is -2.21. The number of alkyl halides is 3. The number of nitrogens with one attached hydrogen (secondary N) is 1. The van der Waals surface area contributed by atoms with Crippen LogP contribution in [0.4, 0.5) is 13.2 Å². The van der Waals surface area contributed by atoms with Crippen LogP contribution in [0.5, 0.6) is 17.2 Å². The zero-order chi connectivity index (χ0) is 30.7. The van der Waals surface area contributed by atoms with E-state index in [-0.39, 0.29) is 35.6 Å². The molecule has 10 nitrogen and oxygen atoms in total. The van der Waals surface area contributed by atoms with Crippen LogP contribution in [0.2, 0.25) is 5.02 Å². The molecule has 0 fully saturated rings. The Hall–Kier alpha value is -5.04. The number of nitrogens with two attached hydrogens (primary N) is 1. The first-order valence-corrected chi connectivity index (χ1v) is 13.0. The minimum absolute atomic E-state index is 0.0361. The lowest BCUT2D eigenvalue weighted by molar-refractivity contribution is -0.137. The maximum atomic E-state index is 13.3. The Balaban J connectivity index is 1.39. The highest BCUT2D eigenvalue weighted by molar-refractivity contribution is 6.32. The molecule has 222 valence electrons. The SMILES string of the molecule is COc1ccc(COc2cc(COc3c(C)cc(-c4noc(C(N)=O)n4)cc3Cl)ncc2-c2cc(C(F)(F)F)c[nH]2)cc1. The summed E-state index contributed by atoms with van der Waals surface area (Å²) in [6.45, 7) is 1.85. The summed E-state index contributed by atoms with van der Waals surface area (Å²) in [5.74, 6) is 0.255. The second-order valence-corrected chi connectivity index (χ2v) is 9.70. The summed E-state index contributed by atoms with van der Waals surface area (Å²) in [7, 11) is 1.56. The fraction of sp³-hybridized carbons (Fsp3) is 0.172. The van der Waals surface area contributed by atoms with Crippen LogP contribution in [0, 0.1) is 6.92 Å². The fourth-order valence-corrected chi connectivity index (χ4v) is 4.43. The molecular weight excluding hydrogens is 591 g/mol. The van der Waals surface area contributed by atoms with Gasteiger partial charge in [0, 0.05) is 24.0 Å². The molecule has 3 aromatic heterocycles. The molecule has 5 rings (SSSR count). The van der Waals surface area contributed by atoms with Gasteiger partial charge in [-0.25, -0.2) is 0 Å². The summed E-state index contributed by atoms with van der Waals surface area (Å²) in [5, 5.41) is 3.97. The molecule has 43 heavy (non-hydrogen) atoms. The number of benzene rings is 2. The maximum absolute atomic E-state index is 13.3. The molecule has 0 atom stereocenters. The van der Waals surface area contributed by atoms with Crippen molar-refractivity contribution in [2.24, 2.45) is 5.73 Å². The minimum Gasteiger partial charge on any atom is -0.497 e. The Morgan fingerprint density at radius 2 is 1.86 bits per heavy atom. The molecular formula is C29H23ClF3N5O5. The van der Waals surface area contributed by atoms with E-state index < -0.39 is 17.6 Å². The van der Waals surface area contributed by atoms with E-state index in [1.54, 1.807) is 44.4 Å². The molecule has 3 heterocycles. The smallest absolute Gasteiger partial charge is 0.417 e. The molecule has 0 radical (unpaired) electrons. The van der Waals surface area contributed by atoms with Gasteiger partial charge in [0.15, 0.2) is 0 Å². The third kappa shape index (κ3) is 6.72. The number of methoxy groups -OCH3 is 1. The van der Waals surface area contributed by atoms with Crippen molar-refractivity contribution in [2.45, 2.75) is 26.3 Å². The highest BCUT2D eigenvalue weighted by atomic mass is 35.5. The van der Waals surface area contributed by atoms with Crippen LogP contribution in [0.25, 0.3) is 22.6 Å². The van der Waals surface area contributed by atoms with Gasteiger partial charge in [-0.3, -0.25) is 9.78 Å². The van der Waals surface area contributed by atoms with Gasteiger partial charge < -0.3 is 29.5 Å². The summed E-state index contributed by atoms with van der Waals surface area (Å²) >= 11 is 6.48. The van der Waals surface area contributed by atoms with E-state index in [0.717, 1.165) is 17.8 Å². The number of aryl methyl sites for hydroxylation is 1. The number of hydrogen-bond acceptors (Lipinski definition) is 8. The zero-order valence-electron chi connectivity index (χ0n) is 22.7. The van der Waals surface area contributed by atoms with Crippen molar-refractivity contribution in [3.63, 3.8) is 0 Å². The average Bonchev–Trinajstić information content (AvgIpc) is 3.67. The minimum atomic E-state index is -4.51. The van der Waals surface area contributed by atoms with Crippen LogP contribution in [-0.4, -0.2) is 33.1 Å². The van der Waals surface area contributed by atoms with Gasteiger partial charge in [0.1, 0.15) is 30.5 Å². The van der Waals surface area contributed by atoms with Gasteiger partial charge in [0.05, 0.1) is 34.6 Å². The first kappa shape index (κ1) is 29.5. The predicted molar refractivity (Wildman–Crippen MR) is 149 cm³/mol. The topological polar surface area (TPSA) is 138 Å². The van der Waals surface area contributed by atoms with Crippen molar-refractivity contribution in [3.05, 3.63) is 94.2 Å². The van der Waals surface area contributed by atoms with Gasteiger partial charge in [0.25, 0.3) is 0 Å². The number of halogens is 4. The molecule has 0 aliphatic heterocycles. The van der Waals surface area contributed by atoms with Gasteiger partial charge in [-0.15, -0.1) is 0 Å². The Labute approximate surface area is 247 Å². The van der Waals surface area contributed by atoms with Crippen LogP contribution < -0.4 is 19.9 Å². The molecule has 0 bridgehead atoms. The van der Waals surface area contributed by atoms with Gasteiger partial charge >= 0.3 is 18.0 Å². The standard InChI is InChI=1S/C29H23ClF3N5O5/c1-15-7-17(27-37-28(26(34)39)43-38-27)8-22(30)25(15)42-14-19-10-24(41-13-16-3-5-20(40-2)6-4-16)21(12-35-19)23-9-18(11-36-23)29(31,32)33/h3-12,36H,13-14H2,1-2H3,(H2,34,39). The number of amides is 1. The predicted octanol–water partition coefficient (Wildman–Crippen LogP) is 6.37. The van der Waals surface area contributed by atoms with Crippen LogP contribution in [0.1, 0.15) is 33.1 Å². The second-order valence-electron chi connectivity index (χ2n) is 9.29. The van der Waals surface area contributed by atoms with Crippen molar-refractivity contribution in [2.75, 3.05) is 7.11 Å². The zero-order valence-corrected chi connectivity index (χ0v) is 23.4. The largest absolute Gasteiger partial charge is 0.497 e. The summed E-state index contributed by atoms with van der Waals surface area (Å²) < 4.78 is 61.8. The monoisotopic (exact) mass is 613 g/mol. The first-order chi connectivity index (χ1) is 20.5. The summed E-state index contributed by atoms with van der Waals surface area (Å²) in [4.78, 5) is 22.2. The lowest BCUT2D eigenvalue weighted by atomic mass is 10.1. The Morgan fingerprint density at radius 1 is 1.09 bits per heavy atom. The van der Waals surface area contributed by atoms with Crippen molar-refractivity contribution in [1.82, 2.24) is 20.1 Å². The molecule has 0 aliphatic carbocycles. The Morgan fingerprint density at radius 3 is 2.49 bits per heavy atom. The average molecular weight is 614 g/mol. The number of ether oxygens (including phenoxy) is 3. The number of rotatable bonds is 10. The number of aromatic amines is 1. The molecule has 0 unspecified atom stereocenters. The van der Waals surface area contributed by atoms with E-state index in [1.807, 2.05) is 12.1 Å². The van der Waals surface area contributed by atoms with Crippen molar-refractivity contribution in [3.8, 4) is 39.9 Å². The third-order valence-corrected chi connectivity index (χ3v) is 6.55. The second kappa shape index (κ2) is 12.1. The number of primary amides is 1. The molecule has 2 aromatic carbocycles. The van der Waals surface area contributed by atoms with Crippen molar-refractivity contribution < 1.29 is 36.7 Å². The molecule has 1 amide bonds. The van der Waals surface area contributed by atoms with E-state index in [1.165, 1.54) is 6.20 Å². The third-order valence-electron chi connectivity index (χ3n) is 6.27. The summed E-state index contributed by atoms with van der Waals surface area (Å²) in [5.41, 5.74) is 7.22. The highest BCUT2D eigenvalue weighted by Gasteiger charge is 2.32. The van der Waals surface area contributed by atoms with Gasteiger partial charge in [-0.1, -0.05) is 28.9 Å². The lowest BCUT2D eigenvalue weighted by Gasteiger charge is -2.15.